The third kappa shape index (κ3) is 1.80. The topological polar surface area (TPSA) is 27.5 Å². The molecule has 1 aliphatic rings. The van der Waals surface area contributed by atoms with Crippen molar-refractivity contribution in [3.8, 4) is 0 Å². The summed E-state index contributed by atoms with van der Waals surface area (Å²) >= 11 is 0. The van der Waals surface area contributed by atoms with Crippen molar-refractivity contribution < 1.29 is 5.06 Å². The van der Waals surface area contributed by atoms with Gasteiger partial charge in [0, 0.05) is 12.8 Å². The Hall–Kier alpha value is -0.340. The van der Waals surface area contributed by atoms with Gasteiger partial charge in [0.2, 0.25) is 0 Å². The lowest BCUT2D eigenvalue weighted by atomic mass is 10.1. The minimum absolute atomic E-state index is 0.431. The highest BCUT2D eigenvalue weighted by Gasteiger charge is 2.08. The molecule has 0 aromatic carbocycles. The van der Waals surface area contributed by atoms with Gasteiger partial charge >= 0.3 is 0 Å². The van der Waals surface area contributed by atoms with Gasteiger partial charge in [0.1, 0.15) is 0 Å². The van der Waals surface area contributed by atoms with Gasteiger partial charge in [0.25, 0.3) is 0 Å². The molecule has 1 heterocycles. The second-order valence-corrected chi connectivity index (χ2v) is 2.49. The Balaban J connectivity index is 2.35. The molecule has 9 heavy (non-hydrogen) atoms. The van der Waals surface area contributed by atoms with Crippen molar-refractivity contribution in [3.63, 3.8) is 0 Å². The lowest BCUT2D eigenvalue weighted by molar-refractivity contribution is -0.851. The average molecular weight is 127 g/mol. The lowest BCUT2D eigenvalue weighted by Crippen LogP contribution is -3.08. The molecule has 0 atom stereocenters. The highest BCUT2D eigenvalue weighted by atomic mass is 16.5. The van der Waals surface area contributed by atoms with E-state index >= 15 is 0 Å². The average Bonchev–Trinajstić information content (AvgIpc) is 1.90. The van der Waals surface area contributed by atoms with E-state index in [-0.39, 0.29) is 0 Å². The fourth-order valence-electron chi connectivity index (χ4n) is 1.14. The van der Waals surface area contributed by atoms with Crippen LogP contribution < -0.4 is 5.06 Å². The third-order valence-electron chi connectivity index (χ3n) is 1.86. The van der Waals surface area contributed by atoms with E-state index in [0.29, 0.717) is 5.06 Å². The van der Waals surface area contributed by atoms with Crippen molar-refractivity contribution in [2.24, 2.45) is 0 Å². The minimum atomic E-state index is 0.431. The number of nitrogens with one attached hydrogen (secondary N) is 1. The van der Waals surface area contributed by atoms with Crippen molar-refractivity contribution in [2.75, 3.05) is 13.1 Å². The van der Waals surface area contributed by atoms with E-state index in [0.717, 1.165) is 25.9 Å². The van der Waals surface area contributed by atoms with Gasteiger partial charge in [-0.25, -0.2) is 0 Å². The van der Waals surface area contributed by atoms with Gasteiger partial charge in [-0.1, -0.05) is 11.6 Å². The number of hydrogen-bond acceptors (Lipinski definition) is 1. The minimum Gasteiger partial charge on any atom is -0.634 e. The second kappa shape index (κ2) is 2.99. The molecular weight excluding hydrogens is 114 g/mol. The SMILES string of the molecule is CC=C1CC[NH+]([O-])CC1. The third-order valence-corrected chi connectivity index (χ3v) is 1.86. The summed E-state index contributed by atoms with van der Waals surface area (Å²) in [6.45, 7) is 3.60. The van der Waals surface area contributed by atoms with Gasteiger partial charge in [0.05, 0.1) is 13.1 Å². The van der Waals surface area contributed by atoms with Crippen LogP contribution in [0.15, 0.2) is 11.6 Å². The van der Waals surface area contributed by atoms with Gasteiger partial charge in [-0.05, 0) is 6.92 Å². The number of piperidine rings is 1. The zero-order valence-corrected chi connectivity index (χ0v) is 5.81. The highest BCUT2D eigenvalue weighted by molar-refractivity contribution is 5.01. The molecule has 0 saturated carbocycles. The van der Waals surface area contributed by atoms with Gasteiger partial charge in [-0.2, -0.15) is 0 Å². The van der Waals surface area contributed by atoms with E-state index in [1.54, 1.807) is 0 Å². The Morgan fingerprint density at radius 2 is 2.00 bits per heavy atom. The summed E-state index contributed by atoms with van der Waals surface area (Å²) in [6, 6.07) is 0. The molecule has 2 nitrogen and oxygen atoms in total. The van der Waals surface area contributed by atoms with Gasteiger partial charge in [-0.3, -0.25) is 0 Å². The molecule has 1 saturated heterocycles. The van der Waals surface area contributed by atoms with Crippen molar-refractivity contribution in [3.05, 3.63) is 16.9 Å². The first kappa shape index (κ1) is 6.78. The summed E-state index contributed by atoms with van der Waals surface area (Å²) in [5.74, 6) is 0. The van der Waals surface area contributed by atoms with Crippen LogP contribution in [0.2, 0.25) is 0 Å². The van der Waals surface area contributed by atoms with Crippen LogP contribution in [0.5, 0.6) is 0 Å². The summed E-state index contributed by atoms with van der Waals surface area (Å²) in [4.78, 5) is 0. The molecule has 0 aromatic rings. The summed E-state index contributed by atoms with van der Waals surface area (Å²) in [5, 5.41) is 11.1. The molecule has 0 aliphatic carbocycles. The molecule has 1 aliphatic heterocycles. The Morgan fingerprint density at radius 3 is 2.44 bits per heavy atom. The van der Waals surface area contributed by atoms with E-state index in [9.17, 15) is 5.21 Å². The molecule has 1 fully saturated rings. The van der Waals surface area contributed by atoms with Crippen LogP contribution in [0.1, 0.15) is 19.8 Å². The maximum absolute atomic E-state index is 10.7. The van der Waals surface area contributed by atoms with Crippen LogP contribution in [0.3, 0.4) is 0 Å². The maximum atomic E-state index is 10.7. The number of hydroxylamine groups is 2. The zero-order valence-electron chi connectivity index (χ0n) is 5.81. The monoisotopic (exact) mass is 127 g/mol. The predicted octanol–water partition coefficient (Wildman–Crippen LogP) is 0.109. The second-order valence-electron chi connectivity index (χ2n) is 2.49. The fraction of sp³-hybridized carbons (Fsp3) is 0.714. The largest absolute Gasteiger partial charge is 0.634 e. The lowest BCUT2D eigenvalue weighted by Gasteiger charge is -2.27. The molecular formula is C7H13NO. The molecule has 0 unspecified atom stereocenters. The number of rotatable bonds is 0. The van der Waals surface area contributed by atoms with Gasteiger partial charge < -0.3 is 10.3 Å². The summed E-state index contributed by atoms with van der Waals surface area (Å²) in [6.07, 6.45) is 4.15. The summed E-state index contributed by atoms with van der Waals surface area (Å²) in [5.41, 5.74) is 1.45. The van der Waals surface area contributed by atoms with E-state index in [4.69, 9.17) is 0 Å². The van der Waals surface area contributed by atoms with Crippen LogP contribution >= 0.6 is 0 Å². The van der Waals surface area contributed by atoms with Crippen LogP contribution in [0.4, 0.5) is 0 Å². The molecule has 52 valence electrons. The molecule has 0 aromatic heterocycles. The van der Waals surface area contributed by atoms with Crippen LogP contribution in [0.25, 0.3) is 0 Å². The zero-order chi connectivity index (χ0) is 6.69. The molecule has 0 radical (unpaired) electrons. The van der Waals surface area contributed by atoms with Crippen molar-refractivity contribution in [1.82, 2.24) is 0 Å². The molecule has 2 heteroatoms. The Kier molecular flexibility index (Phi) is 2.25. The quantitative estimate of drug-likeness (QED) is 0.363. The van der Waals surface area contributed by atoms with Crippen LogP contribution in [0, 0.1) is 5.21 Å². The van der Waals surface area contributed by atoms with Crippen LogP contribution in [-0.4, -0.2) is 13.1 Å². The van der Waals surface area contributed by atoms with Crippen LogP contribution in [-0.2, 0) is 0 Å². The molecule has 1 N–H and O–H groups in total. The Bertz CT molecular complexity index is 110. The summed E-state index contributed by atoms with van der Waals surface area (Å²) < 4.78 is 0. The standard InChI is InChI=1S/C7H13NO/c1-2-7-3-5-8(9)6-4-7/h2,8H,3-6H2,1H3. The van der Waals surface area contributed by atoms with Crippen molar-refractivity contribution in [1.29, 1.82) is 0 Å². The van der Waals surface area contributed by atoms with E-state index < -0.39 is 0 Å². The van der Waals surface area contributed by atoms with Crippen molar-refractivity contribution in [2.45, 2.75) is 19.8 Å². The van der Waals surface area contributed by atoms with Gasteiger partial charge in [-0.15, -0.1) is 0 Å². The number of quaternary nitrogens is 1. The van der Waals surface area contributed by atoms with Gasteiger partial charge in [0.15, 0.2) is 0 Å². The first-order chi connectivity index (χ1) is 4.33. The molecule has 0 bridgehead atoms. The first-order valence-electron chi connectivity index (χ1n) is 3.48. The molecule has 0 spiro atoms. The van der Waals surface area contributed by atoms with E-state index in [2.05, 4.69) is 6.08 Å². The normalized spacial score (nSPS) is 28.2. The molecule has 1 rings (SSSR count). The summed E-state index contributed by atoms with van der Waals surface area (Å²) in [7, 11) is 0. The van der Waals surface area contributed by atoms with E-state index in [1.165, 1.54) is 5.57 Å². The van der Waals surface area contributed by atoms with Crippen molar-refractivity contribution >= 4 is 0 Å². The highest BCUT2D eigenvalue weighted by Crippen LogP contribution is 2.05. The smallest absolute Gasteiger partial charge is 0.0806 e. The number of hydrogen-bond donors (Lipinski definition) is 1. The van der Waals surface area contributed by atoms with E-state index in [1.807, 2.05) is 6.92 Å². The number of allylic oxidation sites excluding steroid dienone is 1. The molecule has 0 amide bonds. The Morgan fingerprint density at radius 1 is 1.44 bits per heavy atom. The predicted molar refractivity (Wildman–Crippen MR) is 37.1 cm³/mol. The fourth-order valence-corrected chi connectivity index (χ4v) is 1.14. The maximum Gasteiger partial charge on any atom is 0.0806 e. The Labute approximate surface area is 55.7 Å². The first-order valence-corrected chi connectivity index (χ1v) is 3.48.